The first-order chi connectivity index (χ1) is 6.45. The van der Waals surface area contributed by atoms with Gasteiger partial charge in [0.05, 0.1) is 0 Å². The first-order valence-corrected chi connectivity index (χ1v) is 5.69. The number of aromatic nitrogens is 1. The van der Waals surface area contributed by atoms with Crippen molar-refractivity contribution in [2.45, 2.75) is 39.3 Å². The van der Waals surface area contributed by atoms with Gasteiger partial charge in [-0.15, -0.1) is 11.3 Å². The maximum atomic E-state index is 5.58. The molecule has 0 radical (unpaired) electrons. The predicted molar refractivity (Wildman–Crippen MR) is 62.4 cm³/mol. The fraction of sp³-hybridized carbons (Fsp3) is 0.700. The Balaban J connectivity index is 2.61. The summed E-state index contributed by atoms with van der Waals surface area (Å²) >= 11 is 1.57. The van der Waals surface area contributed by atoms with Gasteiger partial charge < -0.3 is 5.73 Å². The van der Waals surface area contributed by atoms with Crippen molar-refractivity contribution < 1.29 is 0 Å². The van der Waals surface area contributed by atoms with E-state index in [-0.39, 0.29) is 5.54 Å². The van der Waals surface area contributed by atoms with Crippen molar-refractivity contribution in [2.75, 3.05) is 12.8 Å². The summed E-state index contributed by atoms with van der Waals surface area (Å²) in [5.41, 5.74) is 5.82. The highest BCUT2D eigenvalue weighted by Crippen LogP contribution is 2.22. The molecular weight excluding hydrogens is 194 g/mol. The molecule has 0 amide bonds. The van der Waals surface area contributed by atoms with E-state index in [2.05, 4.69) is 37.7 Å². The highest BCUT2D eigenvalue weighted by molar-refractivity contribution is 7.15. The van der Waals surface area contributed by atoms with Crippen LogP contribution in [0.1, 0.15) is 32.1 Å². The Bertz CT molecular complexity index is 293. The number of nitrogens with zero attached hydrogens (tertiary/aromatic N) is 2. The molecule has 80 valence electrons. The summed E-state index contributed by atoms with van der Waals surface area (Å²) in [6, 6.07) is 0. The third-order valence-corrected chi connectivity index (χ3v) is 3.67. The molecule has 4 heteroatoms. The van der Waals surface area contributed by atoms with Crippen molar-refractivity contribution in [3.8, 4) is 0 Å². The van der Waals surface area contributed by atoms with E-state index in [0.717, 1.165) is 13.0 Å². The van der Waals surface area contributed by atoms with Gasteiger partial charge in [0.25, 0.3) is 0 Å². The van der Waals surface area contributed by atoms with E-state index in [0.29, 0.717) is 5.13 Å². The predicted octanol–water partition coefficient (Wildman–Crippen LogP) is 2.35. The summed E-state index contributed by atoms with van der Waals surface area (Å²) < 4.78 is 0. The molecule has 1 aromatic rings. The van der Waals surface area contributed by atoms with Gasteiger partial charge in [-0.2, -0.15) is 0 Å². The lowest BCUT2D eigenvalue weighted by molar-refractivity contribution is 0.144. The SMILES string of the molecule is CCC(C)(C)N(C)Cc1cnc(N)s1. The van der Waals surface area contributed by atoms with Crippen LogP contribution in [0.25, 0.3) is 0 Å². The maximum absolute atomic E-state index is 5.58. The molecule has 0 fully saturated rings. The van der Waals surface area contributed by atoms with Crippen molar-refractivity contribution in [1.29, 1.82) is 0 Å². The van der Waals surface area contributed by atoms with E-state index in [1.165, 1.54) is 4.88 Å². The van der Waals surface area contributed by atoms with Crippen molar-refractivity contribution in [1.82, 2.24) is 9.88 Å². The average molecular weight is 213 g/mol. The number of thiazole rings is 1. The molecule has 3 nitrogen and oxygen atoms in total. The van der Waals surface area contributed by atoms with Crippen LogP contribution in [0.3, 0.4) is 0 Å². The Hall–Kier alpha value is -0.610. The first-order valence-electron chi connectivity index (χ1n) is 4.87. The van der Waals surface area contributed by atoms with Gasteiger partial charge in [-0.1, -0.05) is 6.92 Å². The lowest BCUT2D eigenvalue weighted by atomic mass is 10.0. The Labute approximate surface area is 89.9 Å². The number of nitrogen functional groups attached to an aromatic ring is 1. The van der Waals surface area contributed by atoms with Crippen LogP contribution in [0.4, 0.5) is 5.13 Å². The number of nitrogens with two attached hydrogens (primary N) is 1. The summed E-state index contributed by atoms with van der Waals surface area (Å²) in [6.07, 6.45) is 3.00. The average Bonchev–Trinajstić information content (AvgIpc) is 2.51. The smallest absolute Gasteiger partial charge is 0.180 e. The molecule has 2 N–H and O–H groups in total. The molecule has 1 rings (SSSR count). The normalized spacial score (nSPS) is 12.4. The van der Waals surface area contributed by atoms with E-state index in [1.807, 2.05) is 6.20 Å². The minimum absolute atomic E-state index is 0.235. The molecule has 0 saturated heterocycles. The van der Waals surface area contributed by atoms with Crippen LogP contribution < -0.4 is 5.73 Å². The lowest BCUT2D eigenvalue weighted by Gasteiger charge is -2.34. The summed E-state index contributed by atoms with van der Waals surface area (Å²) in [5, 5.41) is 0.655. The highest BCUT2D eigenvalue weighted by Gasteiger charge is 2.21. The molecule has 1 aromatic heterocycles. The molecule has 0 bridgehead atoms. The van der Waals surface area contributed by atoms with Gasteiger partial charge in [0, 0.05) is 23.2 Å². The van der Waals surface area contributed by atoms with E-state index in [1.54, 1.807) is 11.3 Å². The van der Waals surface area contributed by atoms with Gasteiger partial charge in [-0.05, 0) is 27.3 Å². The molecule has 0 aliphatic carbocycles. The van der Waals surface area contributed by atoms with Crippen LogP contribution in [-0.2, 0) is 6.54 Å². The van der Waals surface area contributed by atoms with Crippen molar-refractivity contribution in [3.05, 3.63) is 11.1 Å². The third kappa shape index (κ3) is 2.69. The molecule has 0 aliphatic rings. The summed E-state index contributed by atoms with van der Waals surface area (Å²) in [7, 11) is 2.14. The second kappa shape index (κ2) is 4.28. The monoisotopic (exact) mass is 213 g/mol. The van der Waals surface area contributed by atoms with Gasteiger partial charge in [-0.3, -0.25) is 4.90 Å². The van der Waals surface area contributed by atoms with Crippen LogP contribution in [0, 0.1) is 0 Å². The van der Waals surface area contributed by atoms with Crippen LogP contribution in [-0.4, -0.2) is 22.5 Å². The summed E-state index contributed by atoms with van der Waals surface area (Å²) in [5.74, 6) is 0. The summed E-state index contributed by atoms with van der Waals surface area (Å²) in [6.45, 7) is 7.63. The molecule has 0 spiro atoms. The first kappa shape index (κ1) is 11.5. The number of anilines is 1. The molecule has 14 heavy (non-hydrogen) atoms. The summed E-state index contributed by atoms with van der Waals surface area (Å²) in [4.78, 5) is 7.61. The zero-order chi connectivity index (χ0) is 10.8. The maximum Gasteiger partial charge on any atom is 0.180 e. The Kier molecular flexibility index (Phi) is 3.50. The van der Waals surface area contributed by atoms with E-state index < -0.39 is 0 Å². The Morgan fingerprint density at radius 2 is 2.21 bits per heavy atom. The Morgan fingerprint density at radius 3 is 2.64 bits per heavy atom. The third-order valence-electron chi connectivity index (χ3n) is 2.86. The minimum atomic E-state index is 0.235. The minimum Gasteiger partial charge on any atom is -0.375 e. The number of hydrogen-bond acceptors (Lipinski definition) is 4. The lowest BCUT2D eigenvalue weighted by Crippen LogP contribution is -2.39. The van der Waals surface area contributed by atoms with Gasteiger partial charge in [0.15, 0.2) is 5.13 Å². The van der Waals surface area contributed by atoms with E-state index in [9.17, 15) is 0 Å². The quantitative estimate of drug-likeness (QED) is 0.834. The molecule has 0 unspecified atom stereocenters. The standard InChI is InChI=1S/C10H19N3S/c1-5-10(2,3)13(4)7-8-6-12-9(11)14-8/h6H,5,7H2,1-4H3,(H2,11,12). The highest BCUT2D eigenvalue weighted by atomic mass is 32.1. The second-order valence-corrected chi connectivity index (χ2v) is 5.33. The fourth-order valence-electron chi connectivity index (χ4n) is 1.11. The van der Waals surface area contributed by atoms with Crippen molar-refractivity contribution >= 4 is 16.5 Å². The van der Waals surface area contributed by atoms with Crippen molar-refractivity contribution in [2.24, 2.45) is 0 Å². The van der Waals surface area contributed by atoms with Gasteiger partial charge in [-0.25, -0.2) is 4.98 Å². The van der Waals surface area contributed by atoms with Gasteiger partial charge in [0.1, 0.15) is 0 Å². The molecular formula is C10H19N3S. The second-order valence-electron chi connectivity index (χ2n) is 4.19. The van der Waals surface area contributed by atoms with Gasteiger partial charge in [0.2, 0.25) is 0 Å². The molecule has 0 aromatic carbocycles. The molecule has 0 aliphatic heterocycles. The van der Waals surface area contributed by atoms with Crippen LogP contribution >= 0.6 is 11.3 Å². The molecule has 0 saturated carbocycles. The largest absolute Gasteiger partial charge is 0.375 e. The molecule has 1 heterocycles. The topological polar surface area (TPSA) is 42.2 Å². The zero-order valence-corrected chi connectivity index (χ0v) is 10.2. The zero-order valence-electron chi connectivity index (χ0n) is 9.37. The number of hydrogen-bond donors (Lipinski definition) is 1. The van der Waals surface area contributed by atoms with Crippen LogP contribution in [0.15, 0.2) is 6.20 Å². The van der Waals surface area contributed by atoms with Crippen LogP contribution in [0.2, 0.25) is 0 Å². The molecule has 0 atom stereocenters. The fourth-order valence-corrected chi connectivity index (χ4v) is 1.85. The van der Waals surface area contributed by atoms with E-state index in [4.69, 9.17) is 5.73 Å². The Morgan fingerprint density at radius 1 is 1.57 bits per heavy atom. The van der Waals surface area contributed by atoms with Crippen LogP contribution in [0.5, 0.6) is 0 Å². The van der Waals surface area contributed by atoms with E-state index >= 15 is 0 Å². The number of rotatable bonds is 4. The van der Waals surface area contributed by atoms with Crippen molar-refractivity contribution in [3.63, 3.8) is 0 Å². The van der Waals surface area contributed by atoms with Gasteiger partial charge >= 0.3 is 0 Å².